The standard InChI is InChI=1S/2C20H23FN10O8P2S2.4C6H15N/c2*21-11-14-10(37-20(11)31-7-29-13-16(23)25-5-27-18(13)31)3-35-40(32,42)38-9-1-8(2-34-41(33,43)39-14)36-19(9)30-6-28-12-15(22)24-4-26-17(12)30;4*1-4-7(5-2)6-3/h2*4-11,14,19-20H,1-3H2,(H,32,42)(H,33,43)(H2,22,24,26)(H2,23,25,27);4*4-6H2,1-3H3/p+2/t2*8-,9+,10+,11+,14+,19+,20+,40?,41?;;;;/m00..../s1. The summed E-state index contributed by atoms with van der Waals surface area (Å²) in [6.07, 6.45) is -7.28. The van der Waals surface area contributed by atoms with Gasteiger partial charge in [0, 0.05) is 12.8 Å². The van der Waals surface area contributed by atoms with Crippen LogP contribution in [0.4, 0.5) is 32.1 Å². The Labute approximate surface area is 680 Å². The van der Waals surface area contributed by atoms with E-state index in [9.17, 15) is 19.2 Å². The molecule has 6 aliphatic heterocycles. The fourth-order valence-corrected chi connectivity index (χ4v) is 19.2. The van der Waals surface area contributed by atoms with Crippen LogP contribution in [-0.2, 0) is 95.1 Å². The molecule has 14 rings (SSSR count). The monoisotopic (exact) mass is 1760 g/mol. The number of imidazole rings is 4. The lowest BCUT2D eigenvalue weighted by Gasteiger charge is -2.33. The SMILES string of the molecule is CC[NH+](CC)CC.CC[NH+](CC)CC.CC[NH+](CC)CC.CC[NH+](CC)CC.Nc1ncnc2c1ncn2[C@@H]1O[C@@H]2COP(=O)(S)O[C@@H]3C[C@@H](COP([O-])(=S)O[C@H]2[C@H]1F)O[C@H]3n1cnc2c(N)ncnc21.Nc1ncnc2c1ncn2[C@@H]1O[C@@H]2COP(O)(=S)O[C@@H]3C[C@@H](COP([O-])(=S)O[C@H]2[C@H]1F)O[C@H]3n1cnc2c(N)ncnc21. The highest BCUT2D eigenvalue weighted by Crippen LogP contribution is 2.59. The molecule has 0 aromatic carbocycles. The summed E-state index contributed by atoms with van der Waals surface area (Å²) in [5, 5.41) is 0. The molecule has 0 spiro atoms. The fourth-order valence-electron chi connectivity index (χ4n) is 13.4. The minimum absolute atomic E-state index is 0.0747. The molecule has 18 atom stereocenters. The summed E-state index contributed by atoms with van der Waals surface area (Å²) in [7, 11) is 0. The van der Waals surface area contributed by atoms with E-state index in [0.717, 1.165) is 0 Å². The fraction of sp³-hybridized carbons (Fsp3) is 0.688. The van der Waals surface area contributed by atoms with E-state index in [0.29, 0.717) is 22.3 Å². The molecule has 4 unspecified atom stereocenters. The average molecular weight is 1760 g/mol. The van der Waals surface area contributed by atoms with Gasteiger partial charge < -0.3 is 103 Å². The summed E-state index contributed by atoms with van der Waals surface area (Å²) in [6.45, 7) is 23.4. The molecule has 0 aliphatic carbocycles. The van der Waals surface area contributed by atoms with Crippen LogP contribution in [0.3, 0.4) is 0 Å². The molecule has 0 amide bonds. The number of rotatable bonds is 16. The first-order valence-corrected chi connectivity index (χ1v) is 48.3. The van der Waals surface area contributed by atoms with Crippen LogP contribution in [0.15, 0.2) is 50.6 Å². The van der Waals surface area contributed by atoms with Gasteiger partial charge in [-0.3, -0.25) is 27.3 Å². The van der Waals surface area contributed by atoms with Gasteiger partial charge in [-0.2, -0.15) is 0 Å². The summed E-state index contributed by atoms with van der Waals surface area (Å²) in [6, 6.07) is 0. The van der Waals surface area contributed by atoms with E-state index < -0.39 is 126 Å². The van der Waals surface area contributed by atoms with Gasteiger partial charge in [-0.05, 0) is 94.9 Å². The van der Waals surface area contributed by atoms with Gasteiger partial charge in [-0.1, -0.05) is 35.9 Å². The molecule has 6 saturated heterocycles. The Morgan fingerprint density at radius 2 is 0.702 bits per heavy atom. The van der Waals surface area contributed by atoms with Crippen LogP contribution in [0.1, 0.15) is 121 Å². The number of aromatic nitrogens is 16. The predicted octanol–water partition coefficient (Wildman–Crippen LogP) is 0.490. The van der Waals surface area contributed by atoms with Gasteiger partial charge in [0.25, 0.3) is 0 Å². The first-order valence-electron chi connectivity index (χ1n) is 37.9. The molecule has 50 heteroatoms. The maximum atomic E-state index is 16.0. The second-order valence-corrected chi connectivity index (χ2v) is 37.9. The third-order valence-corrected chi connectivity index (χ3v) is 26.5. The summed E-state index contributed by atoms with van der Waals surface area (Å²) >= 11 is 19.6. The molecule has 8 aromatic rings. The lowest BCUT2D eigenvalue weighted by atomic mass is 10.1. The molecular formula is C64H108F2N24O16P4S4+2. The van der Waals surface area contributed by atoms with Crippen molar-refractivity contribution in [3.63, 3.8) is 0 Å². The third kappa shape index (κ3) is 23.3. The van der Waals surface area contributed by atoms with Crippen molar-refractivity contribution in [3.8, 4) is 0 Å². The molecule has 40 nitrogen and oxygen atoms in total. The maximum Gasteiger partial charge on any atom is 0.386 e. The van der Waals surface area contributed by atoms with E-state index in [1.807, 2.05) is 0 Å². The molecule has 636 valence electrons. The van der Waals surface area contributed by atoms with Crippen LogP contribution in [0.25, 0.3) is 44.7 Å². The molecule has 6 fully saturated rings. The van der Waals surface area contributed by atoms with Crippen LogP contribution in [0.2, 0.25) is 0 Å². The van der Waals surface area contributed by atoms with Crippen molar-refractivity contribution in [1.29, 1.82) is 0 Å². The van der Waals surface area contributed by atoms with Gasteiger partial charge in [-0.25, -0.2) is 73.2 Å². The lowest BCUT2D eigenvalue weighted by Crippen LogP contribution is -3.11. The minimum Gasteiger partial charge on any atom is -0.780 e. The summed E-state index contributed by atoms with van der Waals surface area (Å²) < 4.78 is 120. The van der Waals surface area contributed by atoms with E-state index in [4.69, 9.17) is 113 Å². The van der Waals surface area contributed by atoms with Gasteiger partial charge in [0.1, 0.15) is 97.4 Å². The van der Waals surface area contributed by atoms with Gasteiger partial charge in [0.05, 0.1) is 142 Å². The van der Waals surface area contributed by atoms with Crippen LogP contribution < -0.4 is 52.3 Å². The Morgan fingerprint density at radius 3 is 0.991 bits per heavy atom. The first-order chi connectivity index (χ1) is 54.4. The molecular weight excluding hydrogens is 1650 g/mol. The van der Waals surface area contributed by atoms with Crippen molar-refractivity contribution in [2.75, 3.05) is 128 Å². The summed E-state index contributed by atoms with van der Waals surface area (Å²) in [5.41, 5.74) is 25.6. The Morgan fingerprint density at radius 1 is 0.421 bits per heavy atom. The van der Waals surface area contributed by atoms with Crippen molar-refractivity contribution in [2.24, 2.45) is 0 Å². The van der Waals surface area contributed by atoms with Crippen LogP contribution >= 0.6 is 39.2 Å². The number of halogens is 2. The second-order valence-electron chi connectivity index (χ2n) is 26.8. The zero-order valence-electron chi connectivity index (χ0n) is 65.7. The van der Waals surface area contributed by atoms with Gasteiger partial charge >= 0.3 is 13.5 Å². The highest BCUT2D eigenvalue weighted by atomic mass is 32.7. The Balaban J connectivity index is 0.000000196. The average Bonchev–Trinajstić information content (AvgIpc) is 1.64. The van der Waals surface area contributed by atoms with E-state index >= 15 is 8.78 Å². The molecule has 0 saturated carbocycles. The van der Waals surface area contributed by atoms with Crippen LogP contribution in [0.5, 0.6) is 0 Å². The molecule has 114 heavy (non-hydrogen) atoms. The molecule has 0 radical (unpaired) electrons. The number of ether oxygens (including phenoxy) is 4. The number of nitrogens with two attached hydrogens (primary N) is 4. The second kappa shape index (κ2) is 42.3. The summed E-state index contributed by atoms with van der Waals surface area (Å²) in [5.74, 6) is 0.446. The normalized spacial score (nSPS) is 30.5. The Hall–Kier alpha value is -4.97. The maximum absolute atomic E-state index is 16.0. The van der Waals surface area contributed by atoms with E-state index in [2.05, 4.69) is 155 Å². The first kappa shape index (κ1) is 92.9. The number of thiol groups is 1. The number of hydrogen-bond donors (Lipinski definition) is 10. The number of anilines is 4. The number of nitrogen functional groups attached to an aromatic ring is 4. The highest BCUT2D eigenvalue weighted by molar-refractivity contribution is 8.44. The van der Waals surface area contributed by atoms with Crippen LogP contribution in [-0.4, -0.2) is 249 Å². The zero-order chi connectivity index (χ0) is 83.0. The van der Waals surface area contributed by atoms with E-state index in [1.54, 1.807) is 19.6 Å². The minimum atomic E-state index is -4.34. The number of quaternary nitrogens is 4. The lowest BCUT2D eigenvalue weighted by molar-refractivity contribution is -0.894. The van der Waals surface area contributed by atoms with Crippen molar-refractivity contribution >= 4 is 143 Å². The summed E-state index contributed by atoms with van der Waals surface area (Å²) in [4.78, 5) is 93.3. The van der Waals surface area contributed by atoms with E-state index in [1.165, 1.54) is 147 Å². The number of nitrogens with zero attached hydrogens (tertiary/aromatic N) is 16. The van der Waals surface area contributed by atoms with Gasteiger partial charge in [0.15, 0.2) is 83.1 Å². The predicted molar refractivity (Wildman–Crippen MR) is 429 cm³/mol. The largest absolute Gasteiger partial charge is 0.780 e. The molecule has 13 N–H and O–H groups in total. The van der Waals surface area contributed by atoms with Gasteiger partial charge in [0.2, 0.25) is 0 Å². The topological polar surface area (TPSA) is 490 Å². The molecule has 14 heterocycles. The molecule has 6 aliphatic rings. The van der Waals surface area contributed by atoms with Crippen LogP contribution in [0, 0.1) is 0 Å². The number of alkyl halides is 2. The molecule has 4 bridgehead atoms. The number of fused-ring (bicyclic) bond motifs is 10. The van der Waals surface area contributed by atoms with Crippen molar-refractivity contribution < 1.29 is 103 Å². The smallest absolute Gasteiger partial charge is 0.386 e. The van der Waals surface area contributed by atoms with Gasteiger partial charge in [-0.15, -0.1) is 0 Å². The van der Waals surface area contributed by atoms with Crippen molar-refractivity contribution in [3.05, 3.63) is 50.6 Å². The van der Waals surface area contributed by atoms with Crippen molar-refractivity contribution in [2.45, 2.75) is 182 Å². The third-order valence-electron chi connectivity index (χ3n) is 20.1. The molecule has 8 aromatic heterocycles. The zero-order valence-corrected chi connectivity index (χ0v) is 72.6. The quantitative estimate of drug-likeness (QED) is 0.0465. The van der Waals surface area contributed by atoms with Crippen molar-refractivity contribution in [1.82, 2.24) is 78.1 Å². The Bertz CT molecular complexity index is 4260. The number of hydrogen-bond acceptors (Lipinski definition) is 34. The number of nitrogens with one attached hydrogen (secondary N) is 4. The van der Waals surface area contributed by atoms with E-state index in [-0.39, 0.29) is 71.7 Å². The highest BCUT2D eigenvalue weighted by Gasteiger charge is 2.53. The Kier molecular flexibility index (Phi) is 34.5.